The first-order chi connectivity index (χ1) is 8.61. The maximum atomic E-state index is 13.1. The van der Waals surface area contributed by atoms with Crippen LogP contribution in [0.3, 0.4) is 0 Å². The predicted octanol–water partition coefficient (Wildman–Crippen LogP) is 3.64. The molecule has 0 spiro atoms. The van der Waals surface area contributed by atoms with E-state index in [1.165, 1.54) is 23.3 Å². The van der Waals surface area contributed by atoms with Crippen molar-refractivity contribution in [2.24, 2.45) is 5.73 Å². The van der Waals surface area contributed by atoms with Gasteiger partial charge >= 0.3 is 0 Å². The van der Waals surface area contributed by atoms with Gasteiger partial charge in [-0.25, -0.2) is 4.39 Å². The summed E-state index contributed by atoms with van der Waals surface area (Å²) in [5, 5.41) is 3.31. The van der Waals surface area contributed by atoms with Crippen LogP contribution in [0.2, 0.25) is 0 Å². The third-order valence-electron chi connectivity index (χ3n) is 3.16. The average molecular weight is 244 g/mol. The lowest BCUT2D eigenvalue weighted by Gasteiger charge is -2.14. The summed E-state index contributed by atoms with van der Waals surface area (Å²) in [6.45, 7) is 4.43. The SMILES string of the molecule is Cc1cccc(Nc2ccc(F)cc2CN)c1C. The zero-order valence-corrected chi connectivity index (χ0v) is 10.6. The van der Waals surface area contributed by atoms with E-state index >= 15 is 0 Å². The topological polar surface area (TPSA) is 38.0 Å². The van der Waals surface area contributed by atoms with Crippen molar-refractivity contribution < 1.29 is 4.39 Å². The van der Waals surface area contributed by atoms with Gasteiger partial charge in [-0.15, -0.1) is 0 Å². The minimum atomic E-state index is -0.262. The van der Waals surface area contributed by atoms with E-state index in [0.29, 0.717) is 6.54 Å². The molecule has 2 aromatic carbocycles. The van der Waals surface area contributed by atoms with Crippen LogP contribution in [0.15, 0.2) is 36.4 Å². The molecule has 0 radical (unpaired) electrons. The Hall–Kier alpha value is -1.87. The van der Waals surface area contributed by atoms with Crippen LogP contribution in [0, 0.1) is 19.7 Å². The van der Waals surface area contributed by atoms with Crippen molar-refractivity contribution >= 4 is 11.4 Å². The fourth-order valence-corrected chi connectivity index (χ4v) is 1.88. The molecule has 0 fully saturated rings. The molecule has 0 amide bonds. The minimum Gasteiger partial charge on any atom is -0.355 e. The second kappa shape index (κ2) is 5.19. The standard InChI is InChI=1S/C15H17FN2/c1-10-4-3-5-14(11(10)2)18-15-7-6-13(16)8-12(15)9-17/h3-8,18H,9,17H2,1-2H3. The van der Waals surface area contributed by atoms with Gasteiger partial charge in [-0.05, 0) is 54.8 Å². The molecule has 0 unspecified atom stereocenters. The molecule has 0 aromatic heterocycles. The van der Waals surface area contributed by atoms with E-state index in [0.717, 1.165) is 16.9 Å². The van der Waals surface area contributed by atoms with Crippen molar-refractivity contribution in [3.63, 3.8) is 0 Å². The Labute approximate surface area is 107 Å². The van der Waals surface area contributed by atoms with Crippen LogP contribution in [0.5, 0.6) is 0 Å². The Morgan fingerprint density at radius 1 is 1.11 bits per heavy atom. The number of rotatable bonds is 3. The number of aryl methyl sites for hydroxylation is 1. The third kappa shape index (κ3) is 2.51. The molecule has 2 nitrogen and oxygen atoms in total. The van der Waals surface area contributed by atoms with E-state index < -0.39 is 0 Å². The van der Waals surface area contributed by atoms with E-state index in [2.05, 4.69) is 25.2 Å². The average Bonchev–Trinajstić information content (AvgIpc) is 2.37. The molecule has 2 rings (SSSR count). The van der Waals surface area contributed by atoms with Gasteiger partial charge in [-0.2, -0.15) is 0 Å². The van der Waals surface area contributed by atoms with Crippen LogP contribution in [0.4, 0.5) is 15.8 Å². The highest BCUT2D eigenvalue weighted by Gasteiger charge is 2.05. The Bertz CT molecular complexity index is 564. The molecule has 0 saturated heterocycles. The lowest BCUT2D eigenvalue weighted by atomic mass is 10.1. The molecule has 3 heteroatoms. The van der Waals surface area contributed by atoms with Gasteiger partial charge in [-0.1, -0.05) is 12.1 Å². The number of halogens is 1. The van der Waals surface area contributed by atoms with Crippen molar-refractivity contribution in [1.29, 1.82) is 0 Å². The van der Waals surface area contributed by atoms with Crippen molar-refractivity contribution in [2.75, 3.05) is 5.32 Å². The molecule has 0 aliphatic heterocycles. The second-order valence-corrected chi connectivity index (χ2v) is 4.38. The molecule has 94 valence electrons. The number of benzene rings is 2. The summed E-state index contributed by atoms with van der Waals surface area (Å²) in [6.07, 6.45) is 0. The molecular weight excluding hydrogens is 227 g/mol. The van der Waals surface area contributed by atoms with E-state index in [-0.39, 0.29) is 5.82 Å². The quantitative estimate of drug-likeness (QED) is 0.865. The largest absolute Gasteiger partial charge is 0.355 e. The van der Waals surface area contributed by atoms with Crippen molar-refractivity contribution in [3.05, 3.63) is 58.9 Å². The first-order valence-electron chi connectivity index (χ1n) is 5.93. The molecule has 0 saturated carbocycles. The summed E-state index contributed by atoms with van der Waals surface area (Å²) >= 11 is 0. The van der Waals surface area contributed by atoms with Crippen LogP contribution in [0.25, 0.3) is 0 Å². The Kier molecular flexibility index (Phi) is 3.63. The van der Waals surface area contributed by atoms with Gasteiger partial charge in [0.2, 0.25) is 0 Å². The van der Waals surface area contributed by atoms with Crippen LogP contribution >= 0.6 is 0 Å². The molecular formula is C15H17FN2. The molecule has 0 bridgehead atoms. The monoisotopic (exact) mass is 244 g/mol. The number of nitrogens with two attached hydrogens (primary N) is 1. The number of hydrogen-bond acceptors (Lipinski definition) is 2. The maximum absolute atomic E-state index is 13.1. The molecule has 0 atom stereocenters. The van der Waals surface area contributed by atoms with Crippen molar-refractivity contribution in [3.8, 4) is 0 Å². The summed E-state index contributed by atoms with van der Waals surface area (Å²) < 4.78 is 13.1. The smallest absolute Gasteiger partial charge is 0.123 e. The van der Waals surface area contributed by atoms with Crippen molar-refractivity contribution in [2.45, 2.75) is 20.4 Å². The van der Waals surface area contributed by atoms with Gasteiger partial charge in [0.25, 0.3) is 0 Å². The molecule has 2 aromatic rings. The second-order valence-electron chi connectivity index (χ2n) is 4.38. The third-order valence-corrected chi connectivity index (χ3v) is 3.16. The highest BCUT2D eigenvalue weighted by molar-refractivity contribution is 5.66. The van der Waals surface area contributed by atoms with Gasteiger partial charge in [0.1, 0.15) is 5.82 Å². The lowest BCUT2D eigenvalue weighted by molar-refractivity contribution is 0.626. The zero-order chi connectivity index (χ0) is 13.1. The first-order valence-corrected chi connectivity index (χ1v) is 5.93. The predicted molar refractivity (Wildman–Crippen MR) is 73.5 cm³/mol. The summed E-state index contributed by atoms with van der Waals surface area (Å²) in [5.41, 5.74) is 10.7. The van der Waals surface area contributed by atoms with Gasteiger partial charge in [0.15, 0.2) is 0 Å². The fourth-order valence-electron chi connectivity index (χ4n) is 1.88. The van der Waals surface area contributed by atoms with Crippen LogP contribution in [-0.2, 0) is 6.54 Å². The highest BCUT2D eigenvalue weighted by Crippen LogP contribution is 2.25. The van der Waals surface area contributed by atoms with Gasteiger partial charge in [0, 0.05) is 17.9 Å². The van der Waals surface area contributed by atoms with Gasteiger partial charge < -0.3 is 11.1 Å². The number of hydrogen-bond donors (Lipinski definition) is 2. The first kappa shape index (κ1) is 12.6. The Balaban J connectivity index is 2.37. The van der Waals surface area contributed by atoms with E-state index in [1.54, 1.807) is 6.07 Å². The summed E-state index contributed by atoms with van der Waals surface area (Å²) in [4.78, 5) is 0. The number of nitrogens with one attached hydrogen (secondary N) is 1. The highest BCUT2D eigenvalue weighted by atomic mass is 19.1. The van der Waals surface area contributed by atoms with Gasteiger partial charge in [-0.3, -0.25) is 0 Å². The summed E-state index contributed by atoms with van der Waals surface area (Å²) in [7, 11) is 0. The Morgan fingerprint density at radius 2 is 1.89 bits per heavy atom. The molecule has 0 aliphatic carbocycles. The van der Waals surface area contributed by atoms with E-state index in [1.807, 2.05) is 12.1 Å². The minimum absolute atomic E-state index is 0.262. The van der Waals surface area contributed by atoms with Crippen LogP contribution < -0.4 is 11.1 Å². The molecule has 0 heterocycles. The van der Waals surface area contributed by atoms with Crippen LogP contribution in [0.1, 0.15) is 16.7 Å². The number of anilines is 2. The molecule has 18 heavy (non-hydrogen) atoms. The van der Waals surface area contributed by atoms with Crippen LogP contribution in [-0.4, -0.2) is 0 Å². The normalized spacial score (nSPS) is 10.4. The van der Waals surface area contributed by atoms with Crippen molar-refractivity contribution in [1.82, 2.24) is 0 Å². The Morgan fingerprint density at radius 3 is 2.61 bits per heavy atom. The van der Waals surface area contributed by atoms with E-state index in [4.69, 9.17) is 5.73 Å². The summed E-state index contributed by atoms with van der Waals surface area (Å²) in [6, 6.07) is 10.7. The van der Waals surface area contributed by atoms with E-state index in [9.17, 15) is 4.39 Å². The molecule has 3 N–H and O–H groups in total. The lowest BCUT2D eigenvalue weighted by Crippen LogP contribution is -2.03. The molecule has 0 aliphatic rings. The summed E-state index contributed by atoms with van der Waals surface area (Å²) in [5.74, 6) is -0.262. The maximum Gasteiger partial charge on any atom is 0.123 e. The van der Waals surface area contributed by atoms with Gasteiger partial charge in [0.05, 0.1) is 0 Å². The zero-order valence-electron chi connectivity index (χ0n) is 10.6. The fraction of sp³-hybridized carbons (Fsp3) is 0.200.